The van der Waals surface area contributed by atoms with Crippen molar-refractivity contribution in [2.24, 2.45) is 0 Å². The number of alkyl halides is 3. The molecular formula is C25H29ClF5N5O2. The maximum absolute atomic E-state index is 14.8. The van der Waals surface area contributed by atoms with E-state index in [0.29, 0.717) is 42.6 Å². The number of nitrogens with one attached hydrogen (secondary N) is 2. The highest BCUT2D eigenvalue weighted by Gasteiger charge is 2.29. The molecule has 1 saturated heterocycles. The van der Waals surface area contributed by atoms with Gasteiger partial charge in [-0.25, -0.2) is 8.78 Å². The monoisotopic (exact) mass is 561 g/mol. The fourth-order valence-electron chi connectivity index (χ4n) is 4.00. The molecule has 0 bridgehead atoms. The first-order valence-electron chi connectivity index (χ1n) is 11.9. The van der Waals surface area contributed by atoms with Crippen LogP contribution in [0.15, 0.2) is 30.3 Å². The maximum atomic E-state index is 14.8. The number of hydrogen-bond acceptors (Lipinski definition) is 5. The van der Waals surface area contributed by atoms with E-state index in [4.69, 9.17) is 11.6 Å². The number of hydrogen-bond donors (Lipinski definition) is 2. The Labute approximate surface area is 222 Å². The average Bonchev–Trinajstić information content (AvgIpc) is 2.84. The Morgan fingerprint density at radius 3 is 2.34 bits per heavy atom. The number of rotatable bonds is 9. The van der Waals surface area contributed by atoms with E-state index in [9.17, 15) is 31.5 Å². The molecular weight excluding hydrogens is 533 g/mol. The summed E-state index contributed by atoms with van der Waals surface area (Å²) in [7, 11) is 3.38. The third-order valence-corrected chi connectivity index (χ3v) is 6.21. The lowest BCUT2D eigenvalue weighted by Gasteiger charge is -2.37. The molecule has 2 N–H and O–H groups in total. The van der Waals surface area contributed by atoms with Gasteiger partial charge < -0.3 is 20.4 Å². The second kappa shape index (κ2) is 12.7. The van der Waals surface area contributed by atoms with Gasteiger partial charge in [0.2, 0.25) is 5.91 Å². The molecule has 0 radical (unpaired) electrons. The molecule has 0 spiro atoms. The molecule has 0 unspecified atom stereocenters. The minimum absolute atomic E-state index is 0.0800. The van der Waals surface area contributed by atoms with Crippen molar-refractivity contribution in [3.8, 4) is 0 Å². The zero-order valence-electron chi connectivity index (χ0n) is 21.0. The Morgan fingerprint density at radius 1 is 1.03 bits per heavy atom. The molecule has 1 aliphatic heterocycles. The van der Waals surface area contributed by atoms with Crippen LogP contribution in [-0.4, -0.2) is 81.2 Å². The second-order valence-electron chi connectivity index (χ2n) is 9.22. The van der Waals surface area contributed by atoms with Gasteiger partial charge in [0.05, 0.1) is 29.9 Å². The van der Waals surface area contributed by atoms with Gasteiger partial charge in [-0.05, 0) is 38.4 Å². The highest BCUT2D eigenvalue weighted by Crippen LogP contribution is 2.31. The summed E-state index contributed by atoms with van der Waals surface area (Å²) in [6, 6.07) is 7.01. The zero-order chi connectivity index (χ0) is 28.0. The average molecular weight is 562 g/mol. The molecule has 38 heavy (non-hydrogen) atoms. The van der Waals surface area contributed by atoms with Crippen molar-refractivity contribution in [2.45, 2.75) is 19.1 Å². The van der Waals surface area contributed by atoms with E-state index in [0.717, 1.165) is 6.07 Å². The number of nitrogens with zero attached hydrogens (tertiary/aromatic N) is 3. The van der Waals surface area contributed by atoms with Crippen LogP contribution in [0.2, 0.25) is 5.02 Å². The Kier molecular flexibility index (Phi) is 9.91. The number of carbonyl (C=O) groups excluding carboxylic acids is 2. The number of anilines is 2. The molecule has 0 aliphatic carbocycles. The second-order valence-corrected chi connectivity index (χ2v) is 9.66. The number of benzene rings is 2. The molecule has 13 heteroatoms. The summed E-state index contributed by atoms with van der Waals surface area (Å²) in [6.07, 6.45) is -5.12. The van der Waals surface area contributed by atoms with Crippen molar-refractivity contribution in [3.05, 3.63) is 58.1 Å². The molecule has 2 amide bonds. The molecule has 3 rings (SSSR count). The van der Waals surface area contributed by atoms with Crippen LogP contribution in [0.3, 0.4) is 0 Å². The summed E-state index contributed by atoms with van der Waals surface area (Å²) < 4.78 is 67.1. The number of carbonyl (C=O) groups is 2. The molecule has 208 valence electrons. The highest BCUT2D eigenvalue weighted by atomic mass is 35.5. The summed E-state index contributed by atoms with van der Waals surface area (Å²) >= 11 is 6.14. The van der Waals surface area contributed by atoms with Crippen LogP contribution in [0, 0.1) is 11.6 Å². The molecule has 1 heterocycles. The van der Waals surface area contributed by atoms with Crippen molar-refractivity contribution in [1.29, 1.82) is 0 Å². The fourth-order valence-corrected chi connectivity index (χ4v) is 4.16. The molecule has 0 atom stereocenters. The first kappa shape index (κ1) is 29.6. The van der Waals surface area contributed by atoms with Gasteiger partial charge in [0.1, 0.15) is 0 Å². The van der Waals surface area contributed by atoms with Crippen molar-refractivity contribution in [1.82, 2.24) is 15.1 Å². The summed E-state index contributed by atoms with van der Waals surface area (Å²) in [5, 5.41) is 5.44. The Hall–Kier alpha value is -2.96. The van der Waals surface area contributed by atoms with Gasteiger partial charge in [0, 0.05) is 49.9 Å². The molecule has 0 saturated carbocycles. The molecule has 2 aromatic rings. The largest absolute Gasteiger partial charge is 0.390 e. The standard InChI is InChI=1S/C25H29ClF5N5O2/c1-34(2)15-21(37)32-14-16-3-5-18(23(28)22(16)27)24(38)33-19-6-4-17(26)13-20(19)36-11-9-35(10-12-36)8-7-25(29,30)31/h3-6,13H,7-12,14-15H2,1-2H3,(H,32,37)(H,33,38). The van der Waals surface area contributed by atoms with Crippen LogP contribution < -0.4 is 15.5 Å². The molecule has 0 aromatic heterocycles. The fraction of sp³-hybridized carbons (Fsp3) is 0.440. The van der Waals surface area contributed by atoms with Crippen LogP contribution in [0.1, 0.15) is 22.3 Å². The van der Waals surface area contributed by atoms with E-state index in [1.54, 1.807) is 30.0 Å². The van der Waals surface area contributed by atoms with Gasteiger partial charge in [-0.3, -0.25) is 14.5 Å². The van der Waals surface area contributed by atoms with Crippen molar-refractivity contribution < 1.29 is 31.5 Å². The summed E-state index contributed by atoms with van der Waals surface area (Å²) in [5.74, 6) is -3.85. The number of likely N-dealkylation sites (N-methyl/N-ethyl adjacent to an activating group) is 1. The number of piperazine rings is 1. The lowest BCUT2D eigenvalue weighted by Crippen LogP contribution is -2.47. The van der Waals surface area contributed by atoms with Crippen LogP contribution in [0.4, 0.5) is 33.3 Å². The Bertz CT molecular complexity index is 1150. The van der Waals surface area contributed by atoms with Gasteiger partial charge in [0.25, 0.3) is 5.91 Å². The summed E-state index contributed by atoms with van der Waals surface area (Å²) in [6.45, 7) is 1.27. The molecule has 1 fully saturated rings. The minimum atomic E-state index is -4.23. The van der Waals surface area contributed by atoms with E-state index >= 15 is 0 Å². The topological polar surface area (TPSA) is 67.9 Å². The molecule has 7 nitrogen and oxygen atoms in total. The predicted molar refractivity (Wildman–Crippen MR) is 135 cm³/mol. The van der Waals surface area contributed by atoms with Gasteiger partial charge >= 0.3 is 6.18 Å². The van der Waals surface area contributed by atoms with Crippen LogP contribution in [0.25, 0.3) is 0 Å². The number of halogens is 6. The van der Waals surface area contributed by atoms with Crippen molar-refractivity contribution in [2.75, 3.05) is 63.6 Å². The van der Waals surface area contributed by atoms with E-state index in [-0.39, 0.29) is 31.1 Å². The van der Waals surface area contributed by atoms with Gasteiger partial charge in [0.15, 0.2) is 11.6 Å². The van der Waals surface area contributed by atoms with Crippen LogP contribution in [0.5, 0.6) is 0 Å². The van der Waals surface area contributed by atoms with E-state index in [1.165, 1.54) is 18.2 Å². The van der Waals surface area contributed by atoms with E-state index in [1.807, 2.05) is 4.90 Å². The maximum Gasteiger partial charge on any atom is 0.390 e. The van der Waals surface area contributed by atoms with Crippen LogP contribution in [-0.2, 0) is 11.3 Å². The lowest BCUT2D eigenvalue weighted by atomic mass is 10.1. The summed E-state index contributed by atoms with van der Waals surface area (Å²) in [5.41, 5.74) is 0.177. The van der Waals surface area contributed by atoms with Gasteiger partial charge in [-0.2, -0.15) is 13.2 Å². The van der Waals surface area contributed by atoms with E-state index < -0.39 is 35.7 Å². The number of amides is 2. The Balaban J connectivity index is 1.69. The minimum Gasteiger partial charge on any atom is -0.367 e. The van der Waals surface area contributed by atoms with Crippen molar-refractivity contribution in [3.63, 3.8) is 0 Å². The smallest absolute Gasteiger partial charge is 0.367 e. The third kappa shape index (κ3) is 8.27. The molecule has 2 aromatic carbocycles. The molecule has 1 aliphatic rings. The summed E-state index contributed by atoms with van der Waals surface area (Å²) in [4.78, 5) is 29.9. The first-order valence-corrected chi connectivity index (χ1v) is 12.2. The third-order valence-electron chi connectivity index (χ3n) is 5.98. The normalized spacial score (nSPS) is 14.6. The predicted octanol–water partition coefficient (Wildman–Crippen LogP) is 4.12. The van der Waals surface area contributed by atoms with E-state index in [2.05, 4.69) is 10.6 Å². The SMILES string of the molecule is CN(C)CC(=O)NCc1ccc(C(=O)Nc2ccc(Cl)cc2N2CCN(CCC(F)(F)F)CC2)c(F)c1F. The first-order chi connectivity index (χ1) is 17.8. The lowest BCUT2D eigenvalue weighted by molar-refractivity contribution is -0.138. The van der Waals surface area contributed by atoms with Crippen molar-refractivity contribution >= 4 is 34.8 Å². The van der Waals surface area contributed by atoms with Gasteiger partial charge in [-0.15, -0.1) is 0 Å². The zero-order valence-corrected chi connectivity index (χ0v) is 21.7. The quantitative estimate of drug-likeness (QED) is 0.451. The van der Waals surface area contributed by atoms with Gasteiger partial charge in [-0.1, -0.05) is 17.7 Å². The Morgan fingerprint density at radius 2 is 1.71 bits per heavy atom. The van der Waals surface area contributed by atoms with Crippen LogP contribution >= 0.6 is 11.6 Å². The highest BCUT2D eigenvalue weighted by molar-refractivity contribution is 6.31.